The summed E-state index contributed by atoms with van der Waals surface area (Å²) in [7, 11) is 0. The maximum absolute atomic E-state index is 13.3. The molecule has 0 atom stereocenters. The predicted molar refractivity (Wildman–Crippen MR) is 104 cm³/mol. The van der Waals surface area contributed by atoms with Gasteiger partial charge in [0.05, 0.1) is 0 Å². The molecule has 2 heteroatoms. The van der Waals surface area contributed by atoms with E-state index < -0.39 is 0 Å². The van der Waals surface area contributed by atoms with Gasteiger partial charge in [0.25, 0.3) is 0 Å². The number of hydrogen-bond donors (Lipinski definition) is 0. The van der Waals surface area contributed by atoms with Crippen LogP contribution in [-0.4, -0.2) is 10.4 Å². The van der Waals surface area contributed by atoms with Gasteiger partial charge in [0.2, 0.25) is 0 Å². The number of fused-ring (bicyclic) bond motifs is 2. The average molecular weight is 331 g/mol. The fourth-order valence-electron chi connectivity index (χ4n) is 3.51. The first-order chi connectivity index (χ1) is 12.3. The van der Waals surface area contributed by atoms with Crippen LogP contribution in [0.15, 0.2) is 72.9 Å². The van der Waals surface area contributed by atoms with Gasteiger partial charge in [-0.2, -0.15) is 0 Å². The summed E-state index contributed by atoms with van der Waals surface area (Å²) >= 11 is 0. The van der Waals surface area contributed by atoms with Crippen molar-refractivity contribution >= 4 is 27.5 Å². The molecule has 124 valence electrons. The SMILES string of the molecule is [13CH3][13CH2][13CH2][13CH2]n1cc(C(=O)c2cccc3ccccc23)c2ccccc21. The number of aromatic nitrogens is 1. The summed E-state index contributed by atoms with van der Waals surface area (Å²) in [6.45, 7) is 3.13. The number of benzene rings is 3. The quantitative estimate of drug-likeness (QED) is 0.333. The molecule has 0 unspecified atom stereocenters. The van der Waals surface area contributed by atoms with Crippen molar-refractivity contribution in [3.63, 3.8) is 0 Å². The molecule has 0 aliphatic rings. The lowest BCUT2D eigenvalue weighted by Gasteiger charge is -2.05. The van der Waals surface area contributed by atoms with E-state index in [0.717, 1.165) is 52.2 Å². The molecular formula is C23H21NO. The fourth-order valence-corrected chi connectivity index (χ4v) is 3.51. The number of rotatable bonds is 5. The highest BCUT2D eigenvalue weighted by atomic mass is 16.1. The fraction of sp³-hybridized carbons (Fsp3) is 0.174. The van der Waals surface area contributed by atoms with Crippen LogP contribution in [0.2, 0.25) is 0 Å². The number of aryl methyl sites for hydroxylation is 1. The standard InChI is InChI=1S/C23H21NO/c1-2-3-15-24-16-21(19-12-6-7-14-22(19)24)23(25)20-13-8-10-17-9-4-5-11-18(17)20/h4-14,16H,2-3,15H2,1H3/i1+1,2+1,3+1,15+1. The number of ketones is 1. The zero-order chi connectivity index (χ0) is 17.2. The van der Waals surface area contributed by atoms with Crippen LogP contribution in [0, 0.1) is 0 Å². The Morgan fingerprint density at radius 1 is 0.840 bits per heavy atom. The number of para-hydroxylation sites is 1. The van der Waals surface area contributed by atoms with Crippen molar-refractivity contribution in [1.82, 2.24) is 4.57 Å². The van der Waals surface area contributed by atoms with Crippen molar-refractivity contribution in [3.05, 3.63) is 84.1 Å². The molecule has 4 aromatic rings. The number of carbonyl (C=O) groups is 1. The molecule has 25 heavy (non-hydrogen) atoms. The lowest BCUT2D eigenvalue weighted by molar-refractivity contribution is 0.104. The van der Waals surface area contributed by atoms with E-state index in [1.165, 1.54) is 0 Å². The van der Waals surface area contributed by atoms with Crippen LogP contribution in [0.25, 0.3) is 21.7 Å². The third-order valence-electron chi connectivity index (χ3n) is 4.82. The van der Waals surface area contributed by atoms with E-state index in [1.54, 1.807) is 0 Å². The van der Waals surface area contributed by atoms with Crippen LogP contribution in [0.3, 0.4) is 0 Å². The lowest BCUT2D eigenvalue weighted by Crippen LogP contribution is -2.02. The minimum atomic E-state index is 0.100. The van der Waals surface area contributed by atoms with Gasteiger partial charge < -0.3 is 4.57 Å². The maximum atomic E-state index is 13.3. The minimum Gasteiger partial charge on any atom is -0.347 e. The van der Waals surface area contributed by atoms with E-state index in [0.29, 0.717) is 0 Å². The van der Waals surface area contributed by atoms with Crippen LogP contribution < -0.4 is 0 Å². The Morgan fingerprint density at radius 2 is 1.56 bits per heavy atom. The molecule has 1 aromatic heterocycles. The number of carbonyl (C=O) groups excluding carboxylic acids is 1. The van der Waals surface area contributed by atoms with Crippen LogP contribution in [0.1, 0.15) is 35.7 Å². The van der Waals surface area contributed by atoms with E-state index in [4.69, 9.17) is 0 Å². The smallest absolute Gasteiger partial charge is 0.195 e. The topological polar surface area (TPSA) is 22.0 Å². The summed E-state index contributed by atoms with van der Waals surface area (Å²) in [4.78, 5) is 13.3. The van der Waals surface area contributed by atoms with Crippen molar-refractivity contribution in [2.75, 3.05) is 0 Å². The molecule has 0 spiro atoms. The summed E-state index contributed by atoms with van der Waals surface area (Å²) in [5, 5.41) is 3.15. The van der Waals surface area contributed by atoms with E-state index in [1.807, 2.05) is 48.7 Å². The Labute approximate surface area is 147 Å². The number of unbranched alkanes of at least 4 members (excludes halogenated alkanes) is 1. The van der Waals surface area contributed by atoms with Gasteiger partial charge in [-0.05, 0) is 23.3 Å². The van der Waals surface area contributed by atoms with Crippen molar-refractivity contribution < 1.29 is 4.79 Å². The largest absolute Gasteiger partial charge is 0.347 e. The molecule has 0 fully saturated rings. The summed E-state index contributed by atoms with van der Waals surface area (Å²) < 4.78 is 2.22. The van der Waals surface area contributed by atoms with Gasteiger partial charge in [0.1, 0.15) is 0 Å². The van der Waals surface area contributed by atoms with E-state index in [2.05, 4.69) is 35.8 Å². The first kappa shape index (κ1) is 15.6. The van der Waals surface area contributed by atoms with Crippen molar-refractivity contribution in [2.45, 2.75) is 26.3 Å². The molecule has 0 amide bonds. The monoisotopic (exact) mass is 331 g/mol. The molecule has 3 aromatic carbocycles. The van der Waals surface area contributed by atoms with E-state index in [-0.39, 0.29) is 5.78 Å². The molecule has 2 nitrogen and oxygen atoms in total. The third-order valence-corrected chi connectivity index (χ3v) is 4.82. The van der Waals surface area contributed by atoms with Gasteiger partial charge in [-0.3, -0.25) is 4.79 Å². The minimum absolute atomic E-state index is 0.100. The number of hydrogen-bond acceptors (Lipinski definition) is 1. The molecule has 0 bridgehead atoms. The molecule has 0 N–H and O–H groups in total. The summed E-state index contributed by atoms with van der Waals surface area (Å²) in [5.74, 6) is 0.100. The Bertz CT molecular complexity index is 1050. The first-order valence-corrected chi connectivity index (χ1v) is 8.90. The molecule has 0 saturated carbocycles. The maximum Gasteiger partial charge on any atom is 0.195 e. The Kier molecular flexibility index (Phi) is 4.10. The molecule has 0 saturated heterocycles. The van der Waals surface area contributed by atoms with E-state index >= 15 is 0 Å². The summed E-state index contributed by atoms with van der Waals surface area (Å²) in [5.41, 5.74) is 2.71. The second kappa shape index (κ2) is 6.56. The van der Waals surface area contributed by atoms with Crippen LogP contribution in [-0.2, 0) is 6.54 Å². The molecular weight excluding hydrogens is 310 g/mol. The molecule has 4 rings (SSSR count). The Balaban J connectivity index is 1.87. The number of nitrogens with zero attached hydrogens (tertiary/aromatic N) is 1. The van der Waals surface area contributed by atoms with E-state index in [9.17, 15) is 4.79 Å². The highest BCUT2D eigenvalue weighted by molar-refractivity contribution is 6.21. The van der Waals surface area contributed by atoms with Gasteiger partial charge in [-0.1, -0.05) is 74.0 Å². The molecule has 0 aliphatic heterocycles. The Hall–Kier alpha value is -2.87. The van der Waals surface area contributed by atoms with Gasteiger partial charge in [0.15, 0.2) is 5.78 Å². The third kappa shape index (κ3) is 2.74. The van der Waals surface area contributed by atoms with Crippen molar-refractivity contribution in [2.24, 2.45) is 0 Å². The first-order valence-electron chi connectivity index (χ1n) is 8.90. The van der Waals surface area contributed by atoms with Crippen LogP contribution in [0.4, 0.5) is 0 Å². The van der Waals surface area contributed by atoms with Crippen LogP contribution in [0.5, 0.6) is 0 Å². The van der Waals surface area contributed by atoms with Crippen molar-refractivity contribution in [1.29, 1.82) is 0 Å². The second-order valence-electron chi connectivity index (χ2n) is 6.46. The van der Waals surface area contributed by atoms with Gasteiger partial charge in [-0.25, -0.2) is 0 Å². The van der Waals surface area contributed by atoms with Gasteiger partial charge in [-0.15, -0.1) is 0 Å². The zero-order valence-corrected chi connectivity index (χ0v) is 14.4. The predicted octanol–water partition coefficient (Wildman–Crippen LogP) is 5.83. The molecule has 1 heterocycles. The normalized spacial score (nSPS) is 11.2. The van der Waals surface area contributed by atoms with Gasteiger partial charge >= 0.3 is 0 Å². The Morgan fingerprint density at radius 3 is 2.40 bits per heavy atom. The highest BCUT2D eigenvalue weighted by Crippen LogP contribution is 2.27. The average Bonchev–Trinajstić information content (AvgIpc) is 3.04. The highest BCUT2D eigenvalue weighted by Gasteiger charge is 2.18. The summed E-state index contributed by atoms with van der Waals surface area (Å²) in [6.07, 6.45) is 4.28. The van der Waals surface area contributed by atoms with Crippen LogP contribution >= 0.6 is 0 Å². The van der Waals surface area contributed by atoms with Gasteiger partial charge in [0, 0.05) is 34.8 Å². The summed E-state index contributed by atoms with van der Waals surface area (Å²) in [6, 6.07) is 22.2. The second-order valence-corrected chi connectivity index (χ2v) is 6.46. The lowest BCUT2D eigenvalue weighted by atomic mass is 9.97. The molecule has 0 radical (unpaired) electrons. The molecule has 0 aliphatic carbocycles. The zero-order valence-electron chi connectivity index (χ0n) is 14.4. The van der Waals surface area contributed by atoms with Crippen molar-refractivity contribution in [3.8, 4) is 0 Å².